The molecule has 2 aliphatic heterocycles. The fourth-order valence-corrected chi connectivity index (χ4v) is 5.21. The van der Waals surface area contributed by atoms with Crippen LogP contribution in [-0.2, 0) is 4.74 Å². The van der Waals surface area contributed by atoms with Gasteiger partial charge in [0.25, 0.3) is 0 Å². The minimum atomic E-state index is -0.829. The van der Waals surface area contributed by atoms with E-state index < -0.39 is 6.17 Å². The van der Waals surface area contributed by atoms with Gasteiger partial charge in [-0.05, 0) is 54.2 Å². The van der Waals surface area contributed by atoms with Crippen LogP contribution in [0.5, 0.6) is 0 Å². The second kappa shape index (κ2) is 8.74. The van der Waals surface area contributed by atoms with Crippen LogP contribution in [0.4, 0.5) is 16.0 Å². The van der Waals surface area contributed by atoms with Gasteiger partial charge in [-0.1, -0.05) is 12.1 Å². The fraction of sp³-hybridized carbons (Fsp3) is 0.417. The molecule has 0 unspecified atom stereocenters. The highest BCUT2D eigenvalue weighted by Gasteiger charge is 2.27. The minimum Gasteiger partial charge on any atom is -0.381 e. The number of nitrogens with one attached hydrogen (secondary N) is 1. The van der Waals surface area contributed by atoms with E-state index in [-0.39, 0.29) is 6.04 Å². The topological polar surface area (TPSA) is 80.5 Å². The van der Waals surface area contributed by atoms with Gasteiger partial charge in [-0.3, -0.25) is 0 Å². The highest BCUT2D eigenvalue weighted by atomic mass is 79.9. The third-order valence-electron chi connectivity index (χ3n) is 6.52. The predicted molar refractivity (Wildman–Crippen MR) is 133 cm³/mol. The van der Waals surface area contributed by atoms with Crippen LogP contribution in [0.2, 0.25) is 0 Å². The summed E-state index contributed by atoms with van der Waals surface area (Å²) in [4.78, 5) is 16.5. The molecule has 8 nitrogen and oxygen atoms in total. The second-order valence-electron chi connectivity index (χ2n) is 8.91. The van der Waals surface area contributed by atoms with Gasteiger partial charge in [-0.2, -0.15) is 9.61 Å². The maximum absolute atomic E-state index is 14.0. The van der Waals surface area contributed by atoms with Crippen molar-refractivity contribution < 1.29 is 9.13 Å². The molecule has 5 heterocycles. The first-order valence-corrected chi connectivity index (χ1v) is 12.4. The lowest BCUT2D eigenvalue weighted by Crippen LogP contribution is -2.29. The molecule has 0 aliphatic carbocycles. The number of fused-ring (bicyclic) bond motifs is 2. The summed E-state index contributed by atoms with van der Waals surface area (Å²) in [5.41, 5.74) is 4.51. The molecule has 2 aliphatic rings. The Bertz CT molecular complexity index is 1370. The average Bonchev–Trinajstić information content (AvgIpc) is 3.43. The van der Waals surface area contributed by atoms with Gasteiger partial charge in [-0.15, -0.1) is 0 Å². The summed E-state index contributed by atoms with van der Waals surface area (Å²) < 4.78 is 22.1. The molecule has 2 saturated heterocycles. The molecule has 1 N–H and O–H groups in total. The molecule has 10 heteroatoms. The first-order valence-electron chi connectivity index (χ1n) is 11.6. The number of aromatic nitrogens is 5. The van der Waals surface area contributed by atoms with Gasteiger partial charge < -0.3 is 15.0 Å². The molecule has 0 spiro atoms. The highest BCUT2D eigenvalue weighted by molar-refractivity contribution is 9.10. The van der Waals surface area contributed by atoms with Gasteiger partial charge in [0, 0.05) is 31.9 Å². The molecule has 176 valence electrons. The number of hydrogen-bond donors (Lipinski definition) is 1. The smallest absolute Gasteiger partial charge is 0.174 e. The summed E-state index contributed by atoms with van der Waals surface area (Å²) >= 11 is 3.75. The van der Waals surface area contributed by atoms with Crippen LogP contribution < -0.4 is 10.2 Å². The highest BCUT2D eigenvalue weighted by Crippen LogP contribution is 2.35. The van der Waals surface area contributed by atoms with Gasteiger partial charge in [0.2, 0.25) is 0 Å². The van der Waals surface area contributed by atoms with E-state index in [2.05, 4.69) is 21.2 Å². The summed E-state index contributed by atoms with van der Waals surface area (Å²) in [5.74, 6) is 1.57. The van der Waals surface area contributed by atoms with E-state index in [9.17, 15) is 4.39 Å². The normalized spacial score (nSPS) is 19.4. The maximum atomic E-state index is 14.0. The number of aryl methyl sites for hydroxylation is 1. The molecule has 0 saturated carbocycles. The number of nitrogens with zero attached hydrogens (tertiary/aromatic N) is 6. The maximum Gasteiger partial charge on any atom is 0.174 e. The Morgan fingerprint density at radius 1 is 1.06 bits per heavy atom. The van der Waals surface area contributed by atoms with Crippen molar-refractivity contribution in [1.82, 2.24) is 24.6 Å². The Morgan fingerprint density at radius 2 is 1.82 bits per heavy atom. The Labute approximate surface area is 204 Å². The second-order valence-corrected chi connectivity index (χ2v) is 9.70. The Hall–Kier alpha value is -2.85. The van der Waals surface area contributed by atoms with E-state index in [1.807, 2.05) is 46.7 Å². The molecule has 1 aromatic carbocycles. The lowest BCUT2D eigenvalue weighted by Gasteiger charge is -2.25. The molecule has 0 amide bonds. The van der Waals surface area contributed by atoms with Crippen LogP contribution in [-0.4, -0.2) is 63.1 Å². The molecule has 34 heavy (non-hydrogen) atoms. The summed E-state index contributed by atoms with van der Waals surface area (Å²) in [6.45, 7) is 4.40. The number of anilines is 2. The van der Waals surface area contributed by atoms with Gasteiger partial charge in [-0.25, -0.2) is 19.3 Å². The van der Waals surface area contributed by atoms with Crippen molar-refractivity contribution in [1.29, 1.82) is 0 Å². The first-order chi connectivity index (χ1) is 16.6. The van der Waals surface area contributed by atoms with E-state index in [4.69, 9.17) is 24.8 Å². The number of halogens is 2. The van der Waals surface area contributed by atoms with Gasteiger partial charge in [0.15, 0.2) is 5.65 Å². The number of hydrogen-bond acceptors (Lipinski definition) is 7. The van der Waals surface area contributed by atoms with Crippen LogP contribution in [0.25, 0.3) is 28.1 Å². The molecule has 0 bridgehead atoms. The van der Waals surface area contributed by atoms with Crippen molar-refractivity contribution in [3.05, 3.63) is 40.5 Å². The zero-order valence-electron chi connectivity index (χ0n) is 18.8. The van der Waals surface area contributed by atoms with E-state index >= 15 is 0 Å². The average molecular weight is 526 g/mol. The van der Waals surface area contributed by atoms with Gasteiger partial charge in [0.05, 0.1) is 27.7 Å². The summed E-state index contributed by atoms with van der Waals surface area (Å²) in [7, 11) is 0. The fourth-order valence-electron chi connectivity index (χ4n) is 4.68. The van der Waals surface area contributed by atoms with Crippen molar-refractivity contribution in [2.75, 3.05) is 36.5 Å². The minimum absolute atomic E-state index is 0.272. The van der Waals surface area contributed by atoms with Crippen molar-refractivity contribution >= 4 is 44.2 Å². The number of benzene rings is 1. The van der Waals surface area contributed by atoms with Crippen LogP contribution in [0.3, 0.4) is 0 Å². The lowest BCUT2D eigenvalue weighted by atomic mass is 10.1. The summed E-state index contributed by atoms with van der Waals surface area (Å²) in [5, 5.41) is 8.56. The van der Waals surface area contributed by atoms with Gasteiger partial charge >= 0.3 is 0 Å². The number of para-hydroxylation sites is 2. The Kier molecular flexibility index (Phi) is 5.57. The third-order valence-corrected chi connectivity index (χ3v) is 7.25. The predicted octanol–water partition coefficient (Wildman–Crippen LogP) is 4.55. The van der Waals surface area contributed by atoms with E-state index in [0.717, 1.165) is 58.9 Å². The van der Waals surface area contributed by atoms with Crippen LogP contribution in [0.1, 0.15) is 25.0 Å². The quantitative estimate of drug-likeness (QED) is 0.418. The largest absolute Gasteiger partial charge is 0.381 e. The zero-order valence-corrected chi connectivity index (χ0v) is 20.4. The molecular formula is C24H25BrFN7O. The zero-order chi connectivity index (χ0) is 23.2. The van der Waals surface area contributed by atoms with Crippen LogP contribution in [0.15, 0.2) is 34.8 Å². The monoisotopic (exact) mass is 525 g/mol. The number of ether oxygens (including phenoxy) is 1. The lowest BCUT2D eigenvalue weighted by molar-refractivity contribution is 0.0903. The SMILES string of the molecule is Cc1nc2ccccc2nc1-c1nn2c(NC3CCOCC3)cc(N3CC[C@@H](F)C3)nc2c1Br. The third kappa shape index (κ3) is 3.88. The van der Waals surface area contributed by atoms with Crippen LogP contribution >= 0.6 is 15.9 Å². The van der Waals surface area contributed by atoms with E-state index in [1.54, 1.807) is 0 Å². The molecule has 6 rings (SSSR count). The van der Waals surface area contributed by atoms with E-state index in [0.29, 0.717) is 36.5 Å². The van der Waals surface area contributed by atoms with Crippen molar-refractivity contribution in [2.24, 2.45) is 0 Å². The summed E-state index contributed by atoms with van der Waals surface area (Å²) in [6, 6.07) is 10.1. The van der Waals surface area contributed by atoms with Crippen LogP contribution in [0, 0.1) is 6.92 Å². The molecule has 4 aromatic rings. The van der Waals surface area contributed by atoms with E-state index in [1.165, 1.54) is 0 Å². The van der Waals surface area contributed by atoms with Crippen molar-refractivity contribution in [3.8, 4) is 11.4 Å². The first kappa shape index (κ1) is 21.7. The molecule has 2 fully saturated rings. The number of alkyl halides is 1. The standard InChI is InChI=1S/C24H25BrFN7O/c1-14-22(29-18-5-3-2-4-17(18)27-14)23-21(25)24-30-19(32-9-6-15(26)13-32)12-20(33(24)31-23)28-16-7-10-34-11-8-16/h2-5,12,15-16,28H,6-11,13H2,1H3/t15-/m1/s1. The van der Waals surface area contributed by atoms with Gasteiger partial charge in [0.1, 0.15) is 29.2 Å². The Morgan fingerprint density at radius 3 is 2.56 bits per heavy atom. The molecule has 3 aromatic heterocycles. The molecule has 1 atom stereocenters. The Balaban J connectivity index is 1.50. The molecular weight excluding hydrogens is 501 g/mol. The number of rotatable bonds is 4. The van der Waals surface area contributed by atoms with Crippen molar-refractivity contribution in [3.63, 3.8) is 0 Å². The summed E-state index contributed by atoms with van der Waals surface area (Å²) in [6.07, 6.45) is 1.52. The molecule has 0 radical (unpaired) electrons. The van der Waals surface area contributed by atoms with Crippen molar-refractivity contribution in [2.45, 2.75) is 38.4 Å².